The predicted molar refractivity (Wildman–Crippen MR) is 52.3 cm³/mol. The van der Waals surface area contributed by atoms with Crippen LogP contribution in [0.3, 0.4) is 0 Å². The van der Waals surface area contributed by atoms with Crippen LogP contribution in [0.2, 0.25) is 0 Å². The highest BCUT2D eigenvalue weighted by Gasteiger charge is 2.13. The van der Waals surface area contributed by atoms with Gasteiger partial charge in [-0.2, -0.15) is 5.10 Å². The van der Waals surface area contributed by atoms with Gasteiger partial charge >= 0.3 is 0 Å². The van der Waals surface area contributed by atoms with E-state index in [0.717, 1.165) is 6.42 Å². The molecule has 1 aromatic heterocycles. The normalized spacial score (nSPS) is 13.6. The van der Waals surface area contributed by atoms with E-state index in [0.29, 0.717) is 11.8 Å². The molecule has 74 valence electrons. The Morgan fingerprint density at radius 1 is 1.54 bits per heavy atom. The van der Waals surface area contributed by atoms with Gasteiger partial charge in [0.2, 0.25) is 0 Å². The lowest BCUT2D eigenvalue weighted by Gasteiger charge is -2.16. The molecule has 1 unspecified atom stereocenters. The molecule has 0 aliphatic heterocycles. The lowest BCUT2D eigenvalue weighted by Crippen LogP contribution is -2.15. The third kappa shape index (κ3) is 2.84. The zero-order chi connectivity index (χ0) is 9.84. The molecule has 0 aromatic carbocycles. The SMILES string of the molecule is CC(C)C(CO)Cc1cnn(C)c1. The smallest absolute Gasteiger partial charge is 0.0521 e. The summed E-state index contributed by atoms with van der Waals surface area (Å²) in [6, 6.07) is 0. The number of aromatic nitrogens is 2. The van der Waals surface area contributed by atoms with Crippen LogP contribution in [-0.4, -0.2) is 21.5 Å². The van der Waals surface area contributed by atoms with Crippen molar-refractivity contribution in [3.63, 3.8) is 0 Å². The minimum atomic E-state index is 0.257. The largest absolute Gasteiger partial charge is 0.396 e. The lowest BCUT2D eigenvalue weighted by atomic mass is 9.91. The Kier molecular flexibility index (Phi) is 3.48. The molecule has 1 rings (SSSR count). The molecule has 3 nitrogen and oxygen atoms in total. The summed E-state index contributed by atoms with van der Waals surface area (Å²) in [6.45, 7) is 4.53. The fraction of sp³-hybridized carbons (Fsp3) is 0.700. The molecular formula is C10H18N2O. The first-order chi connectivity index (χ1) is 6.13. The summed E-state index contributed by atoms with van der Waals surface area (Å²) in [4.78, 5) is 0. The number of aryl methyl sites for hydroxylation is 1. The van der Waals surface area contributed by atoms with Gasteiger partial charge in [-0.25, -0.2) is 0 Å². The number of rotatable bonds is 4. The van der Waals surface area contributed by atoms with Crippen molar-refractivity contribution >= 4 is 0 Å². The number of hydrogen-bond acceptors (Lipinski definition) is 2. The third-order valence-electron chi connectivity index (χ3n) is 2.43. The molecule has 0 spiro atoms. The fourth-order valence-electron chi connectivity index (χ4n) is 1.39. The van der Waals surface area contributed by atoms with Crippen molar-refractivity contribution in [2.75, 3.05) is 6.61 Å². The molecule has 3 heteroatoms. The maximum atomic E-state index is 9.14. The lowest BCUT2D eigenvalue weighted by molar-refractivity contribution is 0.189. The molecular weight excluding hydrogens is 164 g/mol. The van der Waals surface area contributed by atoms with Gasteiger partial charge in [-0.05, 0) is 23.8 Å². The summed E-state index contributed by atoms with van der Waals surface area (Å²) in [5, 5.41) is 13.2. The number of hydrogen-bond donors (Lipinski definition) is 1. The standard InChI is InChI=1S/C10H18N2O/c1-8(2)10(7-13)4-9-5-11-12(3)6-9/h5-6,8,10,13H,4,7H2,1-3H3. The molecule has 1 atom stereocenters. The first-order valence-electron chi connectivity index (χ1n) is 4.72. The molecule has 0 radical (unpaired) electrons. The van der Waals surface area contributed by atoms with Gasteiger partial charge in [0.1, 0.15) is 0 Å². The van der Waals surface area contributed by atoms with Crippen molar-refractivity contribution in [3.8, 4) is 0 Å². The Balaban J connectivity index is 2.56. The average molecular weight is 182 g/mol. The van der Waals surface area contributed by atoms with Crippen LogP contribution in [0.4, 0.5) is 0 Å². The van der Waals surface area contributed by atoms with E-state index in [1.807, 2.05) is 19.4 Å². The molecule has 13 heavy (non-hydrogen) atoms. The van der Waals surface area contributed by atoms with Gasteiger partial charge < -0.3 is 5.11 Å². The first kappa shape index (κ1) is 10.3. The van der Waals surface area contributed by atoms with E-state index < -0.39 is 0 Å². The molecule has 0 aliphatic rings. The van der Waals surface area contributed by atoms with Gasteiger partial charge in [-0.15, -0.1) is 0 Å². The number of aliphatic hydroxyl groups is 1. The van der Waals surface area contributed by atoms with E-state index in [9.17, 15) is 0 Å². The second-order valence-electron chi connectivity index (χ2n) is 3.91. The molecule has 1 N–H and O–H groups in total. The van der Waals surface area contributed by atoms with Crippen molar-refractivity contribution < 1.29 is 5.11 Å². The summed E-state index contributed by atoms with van der Waals surface area (Å²) in [5.74, 6) is 0.870. The second kappa shape index (κ2) is 4.42. The van der Waals surface area contributed by atoms with Crippen LogP contribution in [0.5, 0.6) is 0 Å². The van der Waals surface area contributed by atoms with Gasteiger partial charge in [0, 0.05) is 19.9 Å². The van der Waals surface area contributed by atoms with Gasteiger partial charge in [0.15, 0.2) is 0 Å². The maximum absolute atomic E-state index is 9.14. The second-order valence-corrected chi connectivity index (χ2v) is 3.91. The molecule has 1 aromatic rings. The molecule has 0 saturated carbocycles. The van der Waals surface area contributed by atoms with E-state index in [2.05, 4.69) is 18.9 Å². The molecule has 0 bridgehead atoms. The van der Waals surface area contributed by atoms with Crippen molar-refractivity contribution in [2.24, 2.45) is 18.9 Å². The highest BCUT2D eigenvalue weighted by molar-refractivity contribution is 5.04. The van der Waals surface area contributed by atoms with Crippen molar-refractivity contribution in [1.82, 2.24) is 9.78 Å². The minimum absolute atomic E-state index is 0.257. The molecule has 1 heterocycles. The zero-order valence-corrected chi connectivity index (χ0v) is 8.57. The van der Waals surface area contributed by atoms with Crippen LogP contribution >= 0.6 is 0 Å². The van der Waals surface area contributed by atoms with Crippen LogP contribution in [0.15, 0.2) is 12.4 Å². The van der Waals surface area contributed by atoms with Gasteiger partial charge in [0.05, 0.1) is 6.20 Å². The third-order valence-corrected chi connectivity index (χ3v) is 2.43. The van der Waals surface area contributed by atoms with Gasteiger partial charge in [-0.1, -0.05) is 13.8 Å². The van der Waals surface area contributed by atoms with Crippen LogP contribution in [0, 0.1) is 11.8 Å². The summed E-state index contributed by atoms with van der Waals surface area (Å²) in [5.41, 5.74) is 1.20. The number of nitrogens with zero attached hydrogens (tertiary/aromatic N) is 2. The van der Waals surface area contributed by atoms with Gasteiger partial charge in [0.25, 0.3) is 0 Å². The Hall–Kier alpha value is -0.830. The van der Waals surface area contributed by atoms with Crippen LogP contribution < -0.4 is 0 Å². The number of aliphatic hydroxyl groups excluding tert-OH is 1. The predicted octanol–water partition coefficient (Wildman–Crippen LogP) is 1.23. The summed E-state index contributed by atoms with van der Waals surface area (Å²) >= 11 is 0. The molecule has 0 aliphatic carbocycles. The Labute approximate surface area is 79.4 Å². The van der Waals surface area contributed by atoms with E-state index >= 15 is 0 Å². The maximum Gasteiger partial charge on any atom is 0.0521 e. The van der Waals surface area contributed by atoms with Crippen LogP contribution in [0.1, 0.15) is 19.4 Å². The van der Waals surface area contributed by atoms with E-state index in [1.165, 1.54) is 5.56 Å². The summed E-state index contributed by atoms with van der Waals surface area (Å²) in [7, 11) is 1.91. The first-order valence-corrected chi connectivity index (χ1v) is 4.72. The quantitative estimate of drug-likeness (QED) is 0.760. The highest BCUT2D eigenvalue weighted by Crippen LogP contribution is 2.15. The van der Waals surface area contributed by atoms with Crippen molar-refractivity contribution in [3.05, 3.63) is 18.0 Å². The molecule has 0 saturated heterocycles. The fourth-order valence-corrected chi connectivity index (χ4v) is 1.39. The van der Waals surface area contributed by atoms with Crippen LogP contribution in [-0.2, 0) is 13.5 Å². The van der Waals surface area contributed by atoms with Gasteiger partial charge in [-0.3, -0.25) is 4.68 Å². The monoisotopic (exact) mass is 182 g/mol. The minimum Gasteiger partial charge on any atom is -0.396 e. The Morgan fingerprint density at radius 3 is 2.62 bits per heavy atom. The highest BCUT2D eigenvalue weighted by atomic mass is 16.3. The summed E-state index contributed by atoms with van der Waals surface area (Å²) < 4.78 is 1.80. The average Bonchev–Trinajstić information content (AvgIpc) is 2.46. The van der Waals surface area contributed by atoms with Crippen LogP contribution in [0.25, 0.3) is 0 Å². The Bertz CT molecular complexity index is 255. The van der Waals surface area contributed by atoms with E-state index in [4.69, 9.17) is 5.11 Å². The zero-order valence-electron chi connectivity index (χ0n) is 8.57. The van der Waals surface area contributed by atoms with E-state index in [-0.39, 0.29) is 6.61 Å². The molecule has 0 amide bonds. The summed E-state index contributed by atoms with van der Waals surface area (Å²) in [6.07, 6.45) is 4.79. The molecule has 0 fully saturated rings. The van der Waals surface area contributed by atoms with Crippen molar-refractivity contribution in [2.45, 2.75) is 20.3 Å². The van der Waals surface area contributed by atoms with E-state index in [1.54, 1.807) is 4.68 Å². The topological polar surface area (TPSA) is 38.1 Å². The Morgan fingerprint density at radius 2 is 2.23 bits per heavy atom. The van der Waals surface area contributed by atoms with Crippen molar-refractivity contribution in [1.29, 1.82) is 0 Å².